The van der Waals surface area contributed by atoms with Crippen molar-refractivity contribution in [3.63, 3.8) is 0 Å². The molecule has 0 aliphatic carbocycles. The number of anilines is 1. The molecule has 1 heterocycles. The quantitative estimate of drug-likeness (QED) is 0.699. The largest absolute Gasteiger partial charge is 0.325 e. The van der Waals surface area contributed by atoms with Gasteiger partial charge in [-0.2, -0.15) is 4.31 Å². The molecule has 0 aromatic heterocycles. The van der Waals surface area contributed by atoms with Crippen LogP contribution in [0.1, 0.15) is 24.0 Å². The first-order valence-electron chi connectivity index (χ1n) is 9.09. The summed E-state index contributed by atoms with van der Waals surface area (Å²) in [4.78, 5) is 12.3. The van der Waals surface area contributed by atoms with Crippen LogP contribution in [0.4, 0.5) is 5.69 Å². The second kappa shape index (κ2) is 9.31. The molecule has 1 aliphatic heterocycles. The van der Waals surface area contributed by atoms with Crippen LogP contribution in [0.15, 0.2) is 47.4 Å². The average Bonchev–Trinajstić information content (AvgIpc) is 3.19. The highest BCUT2D eigenvalue weighted by atomic mass is 35.5. The lowest BCUT2D eigenvalue weighted by molar-refractivity contribution is -0.113. The number of carbonyl (C=O) groups excluding carboxylic acids is 1. The third-order valence-electron chi connectivity index (χ3n) is 4.48. The number of rotatable bonds is 7. The number of carbonyl (C=O) groups is 1. The van der Waals surface area contributed by atoms with E-state index in [2.05, 4.69) is 11.4 Å². The molecule has 1 fully saturated rings. The standard InChI is InChI=1S/C20H23ClN2O3S2/c1-15-5-4-6-16(11-15)13-27-14-20(24)22-17-7-8-18(21)19(12-17)28(25,26)23-9-2-3-10-23/h4-8,11-12H,2-3,9-10,13-14H2,1H3,(H,22,24). The van der Waals surface area contributed by atoms with Crippen molar-refractivity contribution in [2.24, 2.45) is 0 Å². The van der Waals surface area contributed by atoms with Gasteiger partial charge >= 0.3 is 0 Å². The van der Waals surface area contributed by atoms with Gasteiger partial charge < -0.3 is 5.32 Å². The molecule has 0 radical (unpaired) electrons. The normalized spacial score (nSPS) is 14.9. The fourth-order valence-corrected chi connectivity index (χ4v) is 5.90. The van der Waals surface area contributed by atoms with Crippen LogP contribution in [0.5, 0.6) is 0 Å². The summed E-state index contributed by atoms with van der Waals surface area (Å²) in [6, 6.07) is 12.7. The number of thioether (sulfide) groups is 1. The second-order valence-corrected chi connectivity index (χ2v) is 10.1. The minimum absolute atomic E-state index is 0.0429. The van der Waals surface area contributed by atoms with Crippen LogP contribution in [0.25, 0.3) is 0 Å². The molecule has 0 unspecified atom stereocenters. The van der Waals surface area contributed by atoms with E-state index in [9.17, 15) is 13.2 Å². The van der Waals surface area contributed by atoms with Crippen LogP contribution in [0.3, 0.4) is 0 Å². The molecule has 1 amide bonds. The highest BCUT2D eigenvalue weighted by Crippen LogP contribution is 2.29. The Kier molecular flexibility index (Phi) is 7.04. The molecule has 1 aliphatic rings. The van der Waals surface area contributed by atoms with Gasteiger partial charge in [0.25, 0.3) is 0 Å². The van der Waals surface area contributed by atoms with Gasteiger partial charge in [0.1, 0.15) is 4.90 Å². The van der Waals surface area contributed by atoms with Crippen molar-refractivity contribution < 1.29 is 13.2 Å². The van der Waals surface area contributed by atoms with Crippen LogP contribution in [-0.4, -0.2) is 37.5 Å². The van der Waals surface area contributed by atoms with Gasteiger partial charge in [-0.05, 0) is 43.5 Å². The molecule has 3 rings (SSSR count). The Labute approximate surface area is 175 Å². The third kappa shape index (κ3) is 5.29. The van der Waals surface area contributed by atoms with Crippen molar-refractivity contribution in [3.8, 4) is 0 Å². The van der Waals surface area contributed by atoms with Crippen LogP contribution < -0.4 is 5.32 Å². The zero-order valence-corrected chi connectivity index (χ0v) is 18.0. The summed E-state index contributed by atoms with van der Waals surface area (Å²) in [7, 11) is -3.64. The predicted octanol–water partition coefficient (Wildman–Crippen LogP) is 4.30. The Hall–Kier alpha value is -1.54. The minimum atomic E-state index is -3.64. The van der Waals surface area contributed by atoms with Crippen molar-refractivity contribution in [2.45, 2.75) is 30.4 Å². The third-order valence-corrected chi connectivity index (χ3v) is 7.87. The maximum atomic E-state index is 12.8. The molecule has 8 heteroatoms. The monoisotopic (exact) mass is 438 g/mol. The lowest BCUT2D eigenvalue weighted by Crippen LogP contribution is -2.28. The topological polar surface area (TPSA) is 66.5 Å². The van der Waals surface area contributed by atoms with E-state index in [1.807, 2.05) is 25.1 Å². The Bertz CT molecular complexity index is 958. The summed E-state index contributed by atoms with van der Waals surface area (Å²) in [5, 5.41) is 2.93. The summed E-state index contributed by atoms with van der Waals surface area (Å²) in [6.07, 6.45) is 1.71. The fourth-order valence-electron chi connectivity index (χ4n) is 3.11. The highest BCUT2D eigenvalue weighted by molar-refractivity contribution is 7.99. The van der Waals surface area contributed by atoms with Crippen molar-refractivity contribution in [1.82, 2.24) is 4.31 Å². The molecular formula is C20H23ClN2O3S2. The van der Waals surface area contributed by atoms with E-state index in [0.717, 1.165) is 18.6 Å². The number of nitrogens with one attached hydrogen (secondary N) is 1. The van der Waals surface area contributed by atoms with Crippen molar-refractivity contribution in [1.29, 1.82) is 0 Å². The summed E-state index contributed by atoms with van der Waals surface area (Å²) >= 11 is 7.65. The van der Waals surface area contributed by atoms with E-state index >= 15 is 0 Å². The number of amides is 1. The lowest BCUT2D eigenvalue weighted by atomic mass is 10.2. The van der Waals surface area contributed by atoms with Crippen LogP contribution in [0.2, 0.25) is 5.02 Å². The van der Waals surface area contributed by atoms with E-state index in [0.29, 0.717) is 18.8 Å². The number of benzene rings is 2. The summed E-state index contributed by atoms with van der Waals surface area (Å²) in [5.41, 5.74) is 2.79. The molecule has 2 aromatic carbocycles. The van der Waals surface area contributed by atoms with E-state index in [1.165, 1.54) is 39.3 Å². The summed E-state index contributed by atoms with van der Waals surface area (Å²) in [6.45, 7) is 3.05. The molecule has 0 bridgehead atoms. The van der Waals surface area contributed by atoms with Gasteiger partial charge in [-0.15, -0.1) is 11.8 Å². The van der Waals surface area contributed by atoms with Gasteiger partial charge in [0.2, 0.25) is 15.9 Å². The molecule has 1 N–H and O–H groups in total. The maximum Gasteiger partial charge on any atom is 0.244 e. The summed E-state index contributed by atoms with van der Waals surface area (Å²) < 4.78 is 27.0. The van der Waals surface area contributed by atoms with E-state index in [4.69, 9.17) is 11.6 Å². The zero-order valence-electron chi connectivity index (χ0n) is 15.7. The maximum absolute atomic E-state index is 12.8. The molecule has 150 valence electrons. The molecule has 2 aromatic rings. The van der Waals surface area contributed by atoms with Gasteiger partial charge in [0, 0.05) is 24.5 Å². The van der Waals surface area contributed by atoms with E-state index < -0.39 is 10.0 Å². The molecule has 0 saturated carbocycles. The number of hydrogen-bond donors (Lipinski definition) is 1. The number of aryl methyl sites for hydroxylation is 1. The first kappa shape index (κ1) is 21.2. The SMILES string of the molecule is Cc1cccc(CSCC(=O)Nc2ccc(Cl)c(S(=O)(=O)N3CCCC3)c2)c1. The van der Waals surface area contributed by atoms with Gasteiger partial charge in [-0.3, -0.25) is 4.79 Å². The Morgan fingerprint density at radius 3 is 2.64 bits per heavy atom. The Morgan fingerprint density at radius 1 is 1.18 bits per heavy atom. The van der Waals surface area contributed by atoms with Crippen LogP contribution in [-0.2, 0) is 20.6 Å². The molecule has 0 atom stereocenters. The average molecular weight is 439 g/mol. The molecule has 5 nitrogen and oxygen atoms in total. The van der Waals surface area contributed by atoms with Crippen LogP contribution >= 0.6 is 23.4 Å². The Morgan fingerprint density at radius 2 is 1.93 bits per heavy atom. The molecular weight excluding hydrogens is 416 g/mol. The van der Waals surface area contributed by atoms with Gasteiger partial charge in [0.15, 0.2) is 0 Å². The van der Waals surface area contributed by atoms with Gasteiger partial charge in [-0.1, -0.05) is 41.4 Å². The molecule has 1 saturated heterocycles. The lowest BCUT2D eigenvalue weighted by Gasteiger charge is -2.17. The highest BCUT2D eigenvalue weighted by Gasteiger charge is 2.29. The number of sulfonamides is 1. The van der Waals surface area contributed by atoms with Crippen molar-refractivity contribution >= 4 is 45.0 Å². The Balaban J connectivity index is 1.61. The van der Waals surface area contributed by atoms with E-state index in [-0.39, 0.29) is 21.6 Å². The molecule has 28 heavy (non-hydrogen) atoms. The van der Waals surface area contributed by atoms with E-state index in [1.54, 1.807) is 6.07 Å². The van der Waals surface area contributed by atoms with Crippen LogP contribution in [0, 0.1) is 6.92 Å². The minimum Gasteiger partial charge on any atom is -0.325 e. The fraction of sp³-hybridized carbons (Fsp3) is 0.350. The molecule has 0 spiro atoms. The smallest absolute Gasteiger partial charge is 0.244 e. The first-order valence-corrected chi connectivity index (χ1v) is 12.1. The zero-order chi connectivity index (χ0) is 20.1. The number of halogens is 1. The number of hydrogen-bond acceptors (Lipinski definition) is 4. The van der Waals surface area contributed by atoms with Crippen molar-refractivity contribution in [3.05, 3.63) is 58.6 Å². The summed E-state index contributed by atoms with van der Waals surface area (Å²) in [5.74, 6) is 0.847. The first-order chi connectivity index (χ1) is 13.4. The van der Waals surface area contributed by atoms with Crippen molar-refractivity contribution in [2.75, 3.05) is 24.2 Å². The predicted molar refractivity (Wildman–Crippen MR) is 115 cm³/mol. The van der Waals surface area contributed by atoms with Gasteiger partial charge in [0.05, 0.1) is 10.8 Å². The number of nitrogens with zero attached hydrogens (tertiary/aromatic N) is 1. The van der Waals surface area contributed by atoms with Gasteiger partial charge in [-0.25, -0.2) is 8.42 Å². The second-order valence-electron chi connectivity index (χ2n) is 6.79.